The molecule has 0 aromatic rings. The van der Waals surface area contributed by atoms with Crippen LogP contribution in [-0.4, -0.2) is 43.4 Å². The van der Waals surface area contributed by atoms with E-state index in [-0.39, 0.29) is 6.08 Å². The number of allylic oxidation sites excluding steroid dienone is 1. The lowest BCUT2D eigenvalue weighted by molar-refractivity contribution is -0.392. The Bertz CT molecular complexity index is 426. The molecular formula is C9H6F8O4. The monoisotopic (exact) mass is 330 g/mol. The van der Waals surface area contributed by atoms with E-state index in [1.54, 1.807) is 0 Å². The molecule has 0 N–H and O–H groups in total. The van der Waals surface area contributed by atoms with Crippen LogP contribution >= 0.6 is 0 Å². The first kappa shape index (κ1) is 17.5. The van der Waals surface area contributed by atoms with Gasteiger partial charge in [0, 0.05) is 6.08 Å². The summed E-state index contributed by atoms with van der Waals surface area (Å²) >= 11 is 0. The van der Waals surface area contributed by atoms with Crippen molar-refractivity contribution in [2.75, 3.05) is 13.2 Å². The third kappa shape index (κ3) is 3.74. The predicted octanol–water partition coefficient (Wildman–Crippen LogP) is 3.18. The van der Waals surface area contributed by atoms with Gasteiger partial charge in [0.05, 0.1) is 6.61 Å². The fourth-order valence-electron chi connectivity index (χ4n) is 1.24. The average molecular weight is 330 g/mol. The summed E-state index contributed by atoms with van der Waals surface area (Å²) in [6.07, 6.45) is -13.1. The summed E-state index contributed by atoms with van der Waals surface area (Å²) in [5, 5.41) is 0. The molecule has 1 rings (SSSR count). The van der Waals surface area contributed by atoms with Gasteiger partial charge in [0.1, 0.15) is 0 Å². The minimum Gasteiger partial charge on any atom is -0.427 e. The number of alkyl halides is 8. The summed E-state index contributed by atoms with van der Waals surface area (Å²) in [6.45, 7) is -2.94. The normalized spacial score (nSPS) is 24.3. The molecule has 1 aliphatic heterocycles. The number of carbonyl (C=O) groups is 1. The summed E-state index contributed by atoms with van der Waals surface area (Å²) < 4.78 is 110. The number of carbonyl (C=O) groups excluding carboxylic acids is 1. The van der Waals surface area contributed by atoms with Gasteiger partial charge >= 0.3 is 30.2 Å². The van der Waals surface area contributed by atoms with Crippen LogP contribution < -0.4 is 0 Å². The molecule has 0 spiro atoms. The number of halogens is 8. The van der Waals surface area contributed by atoms with E-state index in [4.69, 9.17) is 0 Å². The Labute approximate surface area is 111 Å². The van der Waals surface area contributed by atoms with E-state index in [2.05, 4.69) is 14.2 Å². The van der Waals surface area contributed by atoms with E-state index in [0.29, 0.717) is 0 Å². The van der Waals surface area contributed by atoms with Gasteiger partial charge < -0.3 is 14.2 Å². The number of ether oxygens (including phenoxy) is 3. The van der Waals surface area contributed by atoms with Crippen molar-refractivity contribution in [3.05, 3.63) is 12.2 Å². The third-order valence-electron chi connectivity index (χ3n) is 2.18. The Morgan fingerprint density at radius 1 is 1.14 bits per heavy atom. The molecule has 0 aromatic carbocycles. The maximum Gasteiger partial charge on any atom is 0.511 e. The lowest BCUT2D eigenvalue weighted by Gasteiger charge is -2.33. The van der Waals surface area contributed by atoms with Crippen molar-refractivity contribution in [3.8, 4) is 0 Å². The second-order valence-electron chi connectivity index (χ2n) is 3.72. The summed E-state index contributed by atoms with van der Waals surface area (Å²) in [7, 11) is 0. The second-order valence-corrected chi connectivity index (χ2v) is 3.72. The molecule has 21 heavy (non-hydrogen) atoms. The van der Waals surface area contributed by atoms with E-state index in [1.807, 2.05) is 0 Å². The zero-order valence-corrected chi connectivity index (χ0v) is 9.73. The van der Waals surface area contributed by atoms with Gasteiger partial charge in [0.25, 0.3) is 0 Å². The van der Waals surface area contributed by atoms with Crippen LogP contribution in [0.25, 0.3) is 0 Å². The first-order valence-corrected chi connectivity index (χ1v) is 4.99. The van der Waals surface area contributed by atoms with Crippen molar-refractivity contribution < 1.29 is 54.1 Å². The van der Waals surface area contributed by atoms with Gasteiger partial charge in [0.2, 0.25) is 0 Å². The van der Waals surface area contributed by atoms with Gasteiger partial charge in [0.15, 0.2) is 6.61 Å². The second kappa shape index (κ2) is 5.31. The van der Waals surface area contributed by atoms with E-state index < -0.39 is 49.5 Å². The van der Waals surface area contributed by atoms with Crippen LogP contribution in [0.1, 0.15) is 0 Å². The zero-order valence-electron chi connectivity index (χ0n) is 9.73. The zero-order chi connectivity index (χ0) is 16.5. The first-order chi connectivity index (χ1) is 9.31. The van der Waals surface area contributed by atoms with E-state index in [1.165, 1.54) is 0 Å². The summed E-state index contributed by atoms with van der Waals surface area (Å²) in [5.74, 6) is -9.56. The predicted molar refractivity (Wildman–Crippen MR) is 47.3 cm³/mol. The van der Waals surface area contributed by atoms with Crippen molar-refractivity contribution >= 4 is 6.16 Å². The standard InChI is InChI=1S/C9H6F8O4/c10-7(11,12)2-1-3-20-6(4-19-5(18)21-6)8(13,14)9(15,16)17/h1-2H,3-4H2. The SMILES string of the molecule is O=C1OCC(OCC=CC(F)(F)F)(C(F)(F)C(F)(F)F)O1. The average Bonchev–Trinajstić information content (AvgIpc) is 2.65. The number of hydrogen-bond donors (Lipinski definition) is 0. The highest BCUT2D eigenvalue weighted by Gasteiger charge is 2.76. The van der Waals surface area contributed by atoms with Gasteiger partial charge in [-0.15, -0.1) is 0 Å². The molecule has 0 aliphatic carbocycles. The molecule has 0 bridgehead atoms. The molecule has 0 saturated carbocycles. The van der Waals surface area contributed by atoms with Crippen molar-refractivity contribution in [1.29, 1.82) is 0 Å². The molecule has 1 atom stereocenters. The van der Waals surface area contributed by atoms with Crippen LogP contribution in [0.15, 0.2) is 12.2 Å². The van der Waals surface area contributed by atoms with Crippen LogP contribution in [0.4, 0.5) is 39.9 Å². The van der Waals surface area contributed by atoms with Gasteiger partial charge in [-0.05, 0) is 0 Å². The van der Waals surface area contributed by atoms with Crippen LogP contribution in [0.2, 0.25) is 0 Å². The highest BCUT2D eigenvalue weighted by atomic mass is 19.4. The maximum absolute atomic E-state index is 13.3. The van der Waals surface area contributed by atoms with Crippen LogP contribution in [0.3, 0.4) is 0 Å². The minimum atomic E-state index is -6.17. The highest BCUT2D eigenvalue weighted by molar-refractivity contribution is 5.62. The first-order valence-electron chi connectivity index (χ1n) is 4.99. The van der Waals surface area contributed by atoms with E-state index in [0.717, 1.165) is 0 Å². The van der Waals surface area contributed by atoms with Gasteiger partial charge in [-0.25, -0.2) is 4.79 Å². The molecule has 4 nitrogen and oxygen atoms in total. The highest BCUT2D eigenvalue weighted by Crippen LogP contribution is 2.48. The Hall–Kier alpha value is -1.59. The lowest BCUT2D eigenvalue weighted by atomic mass is 10.1. The Morgan fingerprint density at radius 3 is 2.10 bits per heavy atom. The minimum absolute atomic E-state index is 0.139. The Balaban J connectivity index is 2.92. The van der Waals surface area contributed by atoms with Crippen molar-refractivity contribution in [1.82, 2.24) is 0 Å². The van der Waals surface area contributed by atoms with Gasteiger partial charge in [-0.2, -0.15) is 35.1 Å². The number of rotatable bonds is 4. The Kier molecular flexibility index (Phi) is 4.42. The number of cyclic esters (lactones) is 2. The van der Waals surface area contributed by atoms with Crippen molar-refractivity contribution in [2.45, 2.75) is 24.1 Å². The summed E-state index contributed by atoms with van der Waals surface area (Å²) in [4.78, 5) is 10.6. The smallest absolute Gasteiger partial charge is 0.427 e. The Morgan fingerprint density at radius 2 is 1.71 bits per heavy atom. The fraction of sp³-hybridized carbons (Fsp3) is 0.667. The van der Waals surface area contributed by atoms with Crippen LogP contribution in [0.5, 0.6) is 0 Å². The molecule has 0 aromatic heterocycles. The third-order valence-corrected chi connectivity index (χ3v) is 2.18. The topological polar surface area (TPSA) is 44.8 Å². The van der Waals surface area contributed by atoms with E-state index in [9.17, 15) is 39.9 Å². The molecule has 0 radical (unpaired) electrons. The molecule has 12 heteroatoms. The molecule has 1 saturated heterocycles. The van der Waals surface area contributed by atoms with Crippen molar-refractivity contribution in [2.24, 2.45) is 0 Å². The molecule has 1 fully saturated rings. The maximum atomic E-state index is 13.3. The molecule has 1 heterocycles. The summed E-state index contributed by atoms with van der Waals surface area (Å²) in [6, 6.07) is 0. The molecular weight excluding hydrogens is 324 g/mol. The molecule has 122 valence electrons. The van der Waals surface area contributed by atoms with Gasteiger partial charge in [-0.1, -0.05) is 6.08 Å². The summed E-state index contributed by atoms with van der Waals surface area (Å²) in [5.41, 5.74) is 0. The van der Waals surface area contributed by atoms with Crippen LogP contribution in [0, 0.1) is 0 Å². The fourth-order valence-corrected chi connectivity index (χ4v) is 1.24. The molecule has 1 aliphatic rings. The van der Waals surface area contributed by atoms with Gasteiger partial charge in [-0.3, -0.25) is 0 Å². The quantitative estimate of drug-likeness (QED) is 0.451. The molecule has 0 amide bonds. The van der Waals surface area contributed by atoms with Crippen molar-refractivity contribution in [3.63, 3.8) is 0 Å². The largest absolute Gasteiger partial charge is 0.511 e. The number of hydrogen-bond acceptors (Lipinski definition) is 4. The molecule has 1 unspecified atom stereocenters. The van der Waals surface area contributed by atoms with E-state index >= 15 is 0 Å². The lowest BCUT2D eigenvalue weighted by Crippen LogP contribution is -2.60. The van der Waals surface area contributed by atoms with Crippen LogP contribution in [-0.2, 0) is 14.2 Å².